The highest BCUT2D eigenvalue weighted by molar-refractivity contribution is 5.67. The normalized spacial score (nSPS) is 16.5. The summed E-state index contributed by atoms with van der Waals surface area (Å²) in [7, 11) is 1.82. The minimum absolute atomic E-state index is 0.121. The van der Waals surface area contributed by atoms with Crippen molar-refractivity contribution in [1.29, 1.82) is 0 Å². The Morgan fingerprint density at radius 1 is 1.53 bits per heavy atom. The molecule has 5 heteroatoms. The summed E-state index contributed by atoms with van der Waals surface area (Å²) in [4.78, 5) is 10.7. The van der Waals surface area contributed by atoms with Gasteiger partial charge in [0.15, 0.2) is 0 Å². The van der Waals surface area contributed by atoms with Gasteiger partial charge in [-0.1, -0.05) is 12.8 Å². The molecule has 1 aromatic rings. The molecular formula is C12H19N3O2. The van der Waals surface area contributed by atoms with Gasteiger partial charge >= 0.3 is 5.97 Å². The second-order valence-electron chi connectivity index (χ2n) is 4.75. The van der Waals surface area contributed by atoms with Crippen molar-refractivity contribution in [3.63, 3.8) is 0 Å². The summed E-state index contributed by atoms with van der Waals surface area (Å²) >= 11 is 0. The molecule has 1 saturated carbocycles. The predicted octanol–water partition coefficient (Wildman–Crippen LogP) is 1.68. The van der Waals surface area contributed by atoms with E-state index in [1.54, 1.807) is 4.68 Å². The van der Waals surface area contributed by atoms with E-state index in [-0.39, 0.29) is 6.42 Å². The summed E-state index contributed by atoms with van der Waals surface area (Å²) < 4.78 is 1.67. The SMILES string of the molecule is Cn1nc(C2CCCC2)c(CCC(=O)O)c1N. The standard InChI is InChI=1S/C12H19N3O2/c1-15-12(13)9(6-7-10(16)17)11(14-15)8-4-2-3-5-8/h8H,2-7,13H2,1H3,(H,16,17). The van der Waals surface area contributed by atoms with Crippen LogP contribution in [0.4, 0.5) is 5.82 Å². The van der Waals surface area contributed by atoms with Crippen LogP contribution in [-0.2, 0) is 18.3 Å². The Morgan fingerprint density at radius 2 is 2.18 bits per heavy atom. The van der Waals surface area contributed by atoms with Gasteiger partial charge in [-0.25, -0.2) is 0 Å². The second-order valence-corrected chi connectivity index (χ2v) is 4.75. The van der Waals surface area contributed by atoms with Crippen LogP contribution in [0.5, 0.6) is 0 Å². The van der Waals surface area contributed by atoms with E-state index in [0.717, 1.165) is 24.1 Å². The highest BCUT2D eigenvalue weighted by Gasteiger charge is 2.25. The Morgan fingerprint density at radius 3 is 2.76 bits per heavy atom. The molecule has 1 fully saturated rings. The van der Waals surface area contributed by atoms with E-state index in [1.807, 2.05) is 7.05 Å². The van der Waals surface area contributed by atoms with Crippen molar-refractivity contribution in [2.75, 3.05) is 5.73 Å². The summed E-state index contributed by atoms with van der Waals surface area (Å²) in [5.41, 5.74) is 7.94. The van der Waals surface area contributed by atoms with Crippen LogP contribution in [-0.4, -0.2) is 20.9 Å². The number of aromatic nitrogens is 2. The maximum atomic E-state index is 10.7. The molecule has 2 rings (SSSR count). The van der Waals surface area contributed by atoms with Gasteiger partial charge in [0, 0.05) is 24.9 Å². The van der Waals surface area contributed by atoms with E-state index in [0.29, 0.717) is 18.2 Å². The molecule has 1 heterocycles. The largest absolute Gasteiger partial charge is 0.481 e. The first kappa shape index (κ1) is 12.0. The maximum absolute atomic E-state index is 10.7. The summed E-state index contributed by atoms with van der Waals surface area (Å²) in [5.74, 6) is 0.307. The van der Waals surface area contributed by atoms with Crippen LogP contribution in [0.25, 0.3) is 0 Å². The van der Waals surface area contributed by atoms with Crippen LogP contribution >= 0.6 is 0 Å². The zero-order valence-electron chi connectivity index (χ0n) is 10.1. The summed E-state index contributed by atoms with van der Waals surface area (Å²) in [6.45, 7) is 0. The minimum Gasteiger partial charge on any atom is -0.481 e. The molecule has 0 aromatic carbocycles. The topological polar surface area (TPSA) is 81.1 Å². The van der Waals surface area contributed by atoms with Gasteiger partial charge in [-0.15, -0.1) is 0 Å². The van der Waals surface area contributed by atoms with Crippen molar-refractivity contribution in [2.24, 2.45) is 7.05 Å². The molecule has 3 N–H and O–H groups in total. The summed E-state index contributed by atoms with van der Waals surface area (Å²) in [5, 5.41) is 13.2. The third-order valence-corrected chi connectivity index (χ3v) is 3.56. The zero-order chi connectivity index (χ0) is 12.4. The Labute approximate surface area is 101 Å². The number of aliphatic carboxylic acids is 1. The molecule has 0 radical (unpaired) electrons. The summed E-state index contributed by atoms with van der Waals surface area (Å²) in [6, 6.07) is 0. The van der Waals surface area contributed by atoms with Crippen LogP contribution < -0.4 is 5.73 Å². The number of nitrogens with two attached hydrogens (primary N) is 1. The fraction of sp³-hybridized carbons (Fsp3) is 0.667. The third kappa shape index (κ3) is 2.43. The van der Waals surface area contributed by atoms with Crippen molar-refractivity contribution < 1.29 is 9.90 Å². The number of hydrogen-bond donors (Lipinski definition) is 2. The van der Waals surface area contributed by atoms with Gasteiger partial charge in [-0.3, -0.25) is 9.48 Å². The van der Waals surface area contributed by atoms with Gasteiger partial charge in [0.25, 0.3) is 0 Å². The average Bonchev–Trinajstić information content (AvgIpc) is 2.87. The number of nitrogen functional groups attached to an aromatic ring is 1. The van der Waals surface area contributed by atoms with Gasteiger partial charge in [-0.05, 0) is 19.3 Å². The van der Waals surface area contributed by atoms with Gasteiger partial charge < -0.3 is 10.8 Å². The molecule has 5 nitrogen and oxygen atoms in total. The number of carbonyl (C=O) groups is 1. The van der Waals surface area contributed by atoms with E-state index in [4.69, 9.17) is 10.8 Å². The van der Waals surface area contributed by atoms with Crippen molar-refractivity contribution in [3.05, 3.63) is 11.3 Å². The van der Waals surface area contributed by atoms with E-state index in [2.05, 4.69) is 5.10 Å². The van der Waals surface area contributed by atoms with E-state index < -0.39 is 5.97 Å². The molecule has 1 aromatic heterocycles. The Bertz CT molecular complexity index is 420. The lowest BCUT2D eigenvalue weighted by atomic mass is 9.97. The van der Waals surface area contributed by atoms with Gasteiger partial charge in [0.1, 0.15) is 5.82 Å². The molecule has 1 aliphatic carbocycles. The van der Waals surface area contributed by atoms with E-state index >= 15 is 0 Å². The van der Waals surface area contributed by atoms with Crippen LogP contribution in [0, 0.1) is 0 Å². The Hall–Kier alpha value is -1.52. The van der Waals surface area contributed by atoms with Crippen LogP contribution in [0.2, 0.25) is 0 Å². The molecule has 0 amide bonds. The summed E-state index contributed by atoms with van der Waals surface area (Å²) in [6.07, 6.45) is 5.38. The van der Waals surface area contributed by atoms with Crippen molar-refractivity contribution in [2.45, 2.75) is 44.4 Å². The molecular weight excluding hydrogens is 218 g/mol. The molecule has 0 aliphatic heterocycles. The maximum Gasteiger partial charge on any atom is 0.303 e. The van der Waals surface area contributed by atoms with Crippen LogP contribution in [0.3, 0.4) is 0 Å². The molecule has 94 valence electrons. The lowest BCUT2D eigenvalue weighted by molar-refractivity contribution is -0.136. The quantitative estimate of drug-likeness (QED) is 0.834. The van der Waals surface area contributed by atoms with Crippen LogP contribution in [0.15, 0.2) is 0 Å². The fourth-order valence-corrected chi connectivity index (χ4v) is 2.62. The third-order valence-electron chi connectivity index (χ3n) is 3.56. The molecule has 0 spiro atoms. The van der Waals surface area contributed by atoms with Crippen molar-refractivity contribution in [1.82, 2.24) is 9.78 Å². The van der Waals surface area contributed by atoms with E-state index in [9.17, 15) is 4.79 Å². The van der Waals surface area contributed by atoms with Crippen molar-refractivity contribution >= 4 is 11.8 Å². The molecule has 0 bridgehead atoms. The zero-order valence-corrected chi connectivity index (χ0v) is 10.1. The molecule has 1 aliphatic rings. The fourth-order valence-electron chi connectivity index (χ4n) is 2.62. The Balaban J connectivity index is 2.24. The number of carboxylic acids is 1. The highest BCUT2D eigenvalue weighted by atomic mass is 16.4. The smallest absolute Gasteiger partial charge is 0.303 e. The van der Waals surface area contributed by atoms with Gasteiger partial charge in [0.05, 0.1) is 5.69 Å². The number of carboxylic acid groups (broad SMARTS) is 1. The number of aryl methyl sites for hydroxylation is 1. The molecule has 0 atom stereocenters. The first-order valence-electron chi connectivity index (χ1n) is 6.12. The lowest BCUT2D eigenvalue weighted by Gasteiger charge is -2.08. The predicted molar refractivity (Wildman–Crippen MR) is 64.8 cm³/mol. The monoisotopic (exact) mass is 237 g/mol. The molecule has 17 heavy (non-hydrogen) atoms. The van der Waals surface area contributed by atoms with Gasteiger partial charge in [0.2, 0.25) is 0 Å². The molecule has 0 saturated heterocycles. The first-order valence-corrected chi connectivity index (χ1v) is 6.12. The van der Waals surface area contributed by atoms with Crippen LogP contribution in [0.1, 0.15) is 49.3 Å². The van der Waals surface area contributed by atoms with E-state index in [1.165, 1.54) is 12.8 Å². The average molecular weight is 237 g/mol. The van der Waals surface area contributed by atoms with Gasteiger partial charge in [-0.2, -0.15) is 5.10 Å². The number of hydrogen-bond acceptors (Lipinski definition) is 3. The van der Waals surface area contributed by atoms with Crippen molar-refractivity contribution in [3.8, 4) is 0 Å². The second kappa shape index (κ2) is 4.77. The number of anilines is 1. The molecule has 0 unspecified atom stereocenters. The lowest BCUT2D eigenvalue weighted by Crippen LogP contribution is -2.04. The highest BCUT2D eigenvalue weighted by Crippen LogP contribution is 2.36. The number of rotatable bonds is 4. The number of nitrogens with zero attached hydrogens (tertiary/aromatic N) is 2. The Kier molecular flexibility index (Phi) is 3.36. The first-order chi connectivity index (χ1) is 8.09. The minimum atomic E-state index is -0.786.